The Morgan fingerprint density at radius 1 is 1.18 bits per heavy atom. The van der Waals surface area contributed by atoms with Crippen molar-refractivity contribution in [2.24, 2.45) is 17.6 Å². The molecule has 2 aliphatic rings. The summed E-state index contributed by atoms with van der Waals surface area (Å²) in [5, 5.41) is 0. The topological polar surface area (TPSA) is 35.2 Å². The van der Waals surface area contributed by atoms with E-state index in [-0.39, 0.29) is 0 Å². The first-order valence-corrected chi connectivity index (χ1v) is 7.60. The van der Waals surface area contributed by atoms with Gasteiger partial charge in [0.1, 0.15) is 0 Å². The number of hydrogen-bond acceptors (Lipinski definition) is 2. The Balaban J connectivity index is 1.81. The van der Waals surface area contributed by atoms with Crippen molar-refractivity contribution in [3.63, 3.8) is 0 Å². The van der Waals surface area contributed by atoms with Crippen molar-refractivity contribution >= 4 is 0 Å². The molecule has 0 amide bonds. The average Bonchev–Trinajstić information content (AvgIpc) is 2.69. The Bertz CT molecular complexity index is 231. The third kappa shape index (κ3) is 3.69. The smallest absolute Gasteiger partial charge is 0.0583 e. The predicted molar refractivity (Wildman–Crippen MR) is 71.9 cm³/mol. The van der Waals surface area contributed by atoms with Gasteiger partial charge in [0.2, 0.25) is 0 Å². The van der Waals surface area contributed by atoms with Crippen LogP contribution in [0.5, 0.6) is 0 Å². The van der Waals surface area contributed by atoms with E-state index in [9.17, 15) is 0 Å². The van der Waals surface area contributed by atoms with E-state index in [4.69, 9.17) is 10.5 Å². The van der Waals surface area contributed by atoms with Gasteiger partial charge in [0.05, 0.1) is 12.2 Å². The molecule has 5 atom stereocenters. The summed E-state index contributed by atoms with van der Waals surface area (Å²) >= 11 is 0. The zero-order chi connectivity index (χ0) is 12.3. The Morgan fingerprint density at radius 3 is 2.65 bits per heavy atom. The molecule has 2 N–H and O–H groups in total. The molecule has 2 heteroatoms. The second kappa shape index (κ2) is 6.19. The van der Waals surface area contributed by atoms with E-state index in [1.165, 1.54) is 51.4 Å². The monoisotopic (exact) mass is 239 g/mol. The van der Waals surface area contributed by atoms with Gasteiger partial charge in [-0.25, -0.2) is 0 Å². The lowest BCUT2D eigenvalue weighted by molar-refractivity contribution is 0.0305. The summed E-state index contributed by atoms with van der Waals surface area (Å²) in [5.41, 5.74) is 6.29. The summed E-state index contributed by atoms with van der Waals surface area (Å²) < 4.78 is 5.95. The quantitative estimate of drug-likeness (QED) is 0.815. The van der Waals surface area contributed by atoms with E-state index < -0.39 is 0 Å². The SMILES string of the molecule is CCCC1CCC(N)C(CC2CCC(C)O2)C1. The van der Waals surface area contributed by atoms with Gasteiger partial charge in [-0.1, -0.05) is 19.8 Å². The van der Waals surface area contributed by atoms with Crippen LogP contribution in [0.3, 0.4) is 0 Å². The van der Waals surface area contributed by atoms with Gasteiger partial charge in [-0.15, -0.1) is 0 Å². The minimum Gasteiger partial charge on any atom is -0.375 e. The fourth-order valence-corrected chi connectivity index (χ4v) is 3.72. The molecule has 1 heterocycles. The van der Waals surface area contributed by atoms with Crippen molar-refractivity contribution in [1.29, 1.82) is 0 Å². The number of hydrogen-bond donors (Lipinski definition) is 1. The number of nitrogens with two attached hydrogens (primary N) is 1. The first-order chi connectivity index (χ1) is 8.19. The molecule has 0 radical (unpaired) electrons. The van der Waals surface area contributed by atoms with Crippen LogP contribution >= 0.6 is 0 Å². The van der Waals surface area contributed by atoms with Crippen LogP contribution in [0.1, 0.15) is 65.2 Å². The maximum absolute atomic E-state index is 6.29. The van der Waals surface area contributed by atoms with Gasteiger partial charge in [-0.05, 0) is 57.3 Å². The molecule has 0 bridgehead atoms. The van der Waals surface area contributed by atoms with Crippen molar-refractivity contribution in [3.05, 3.63) is 0 Å². The van der Waals surface area contributed by atoms with Gasteiger partial charge in [-0.3, -0.25) is 0 Å². The molecule has 100 valence electrons. The molecule has 1 aliphatic carbocycles. The summed E-state index contributed by atoms with van der Waals surface area (Å²) in [6.07, 6.45) is 11.3. The Hall–Kier alpha value is -0.0800. The van der Waals surface area contributed by atoms with E-state index in [1.807, 2.05) is 0 Å². The van der Waals surface area contributed by atoms with Crippen LogP contribution in [0.2, 0.25) is 0 Å². The standard InChI is InChI=1S/C15H29NO/c1-3-4-12-6-8-15(16)13(9-12)10-14-7-5-11(2)17-14/h11-15H,3-10,16H2,1-2H3. The average molecular weight is 239 g/mol. The Labute approximate surface area is 106 Å². The summed E-state index contributed by atoms with van der Waals surface area (Å²) in [6, 6.07) is 0.433. The second-order valence-corrected chi connectivity index (χ2v) is 6.27. The molecule has 0 aromatic heterocycles. The van der Waals surface area contributed by atoms with Gasteiger partial charge in [0.15, 0.2) is 0 Å². The van der Waals surface area contributed by atoms with Crippen LogP contribution < -0.4 is 5.73 Å². The fourth-order valence-electron chi connectivity index (χ4n) is 3.72. The lowest BCUT2D eigenvalue weighted by Crippen LogP contribution is -2.38. The molecule has 2 rings (SSSR count). The van der Waals surface area contributed by atoms with Crippen molar-refractivity contribution < 1.29 is 4.74 Å². The van der Waals surface area contributed by atoms with Crippen LogP contribution in [-0.4, -0.2) is 18.2 Å². The van der Waals surface area contributed by atoms with E-state index in [2.05, 4.69) is 13.8 Å². The first-order valence-electron chi connectivity index (χ1n) is 7.60. The third-order valence-electron chi connectivity index (χ3n) is 4.73. The van der Waals surface area contributed by atoms with Gasteiger partial charge >= 0.3 is 0 Å². The van der Waals surface area contributed by atoms with Crippen LogP contribution in [0.25, 0.3) is 0 Å². The Morgan fingerprint density at radius 2 is 2.00 bits per heavy atom. The zero-order valence-electron chi connectivity index (χ0n) is 11.5. The highest BCUT2D eigenvalue weighted by Gasteiger charge is 2.32. The molecule has 0 spiro atoms. The minimum absolute atomic E-state index is 0.433. The van der Waals surface area contributed by atoms with E-state index in [0.29, 0.717) is 18.2 Å². The van der Waals surface area contributed by atoms with Crippen LogP contribution in [0.15, 0.2) is 0 Å². The third-order valence-corrected chi connectivity index (χ3v) is 4.73. The molecule has 2 nitrogen and oxygen atoms in total. The van der Waals surface area contributed by atoms with Crippen molar-refractivity contribution in [3.8, 4) is 0 Å². The minimum atomic E-state index is 0.433. The maximum atomic E-state index is 6.29. The van der Waals surface area contributed by atoms with Gasteiger partial charge < -0.3 is 10.5 Å². The number of rotatable bonds is 4. The predicted octanol–water partition coefficient (Wildman–Crippen LogP) is 3.49. The fraction of sp³-hybridized carbons (Fsp3) is 1.00. The maximum Gasteiger partial charge on any atom is 0.0583 e. The highest BCUT2D eigenvalue weighted by atomic mass is 16.5. The lowest BCUT2D eigenvalue weighted by Gasteiger charge is -2.35. The molecule has 17 heavy (non-hydrogen) atoms. The summed E-state index contributed by atoms with van der Waals surface area (Å²) in [4.78, 5) is 0. The highest BCUT2D eigenvalue weighted by Crippen LogP contribution is 2.36. The molecule has 2 fully saturated rings. The molecule has 0 aromatic rings. The van der Waals surface area contributed by atoms with E-state index in [0.717, 1.165) is 11.8 Å². The highest BCUT2D eigenvalue weighted by molar-refractivity contribution is 4.85. The normalized spacial score (nSPS) is 42.9. The van der Waals surface area contributed by atoms with Gasteiger partial charge in [0.25, 0.3) is 0 Å². The van der Waals surface area contributed by atoms with Crippen LogP contribution in [0.4, 0.5) is 0 Å². The second-order valence-electron chi connectivity index (χ2n) is 6.27. The number of ether oxygens (including phenoxy) is 1. The van der Waals surface area contributed by atoms with E-state index >= 15 is 0 Å². The summed E-state index contributed by atoms with van der Waals surface area (Å²) in [6.45, 7) is 4.49. The first kappa shape index (κ1) is 13.4. The lowest BCUT2D eigenvalue weighted by atomic mass is 9.74. The van der Waals surface area contributed by atoms with Crippen molar-refractivity contribution in [1.82, 2.24) is 0 Å². The molecule has 1 saturated heterocycles. The summed E-state index contributed by atoms with van der Waals surface area (Å²) in [5.74, 6) is 1.65. The van der Waals surface area contributed by atoms with Crippen LogP contribution in [-0.2, 0) is 4.74 Å². The van der Waals surface area contributed by atoms with Crippen LogP contribution in [0, 0.1) is 11.8 Å². The molecular formula is C15H29NO. The zero-order valence-corrected chi connectivity index (χ0v) is 11.5. The van der Waals surface area contributed by atoms with Crippen molar-refractivity contribution in [2.75, 3.05) is 0 Å². The Kier molecular flexibility index (Phi) is 4.87. The molecule has 5 unspecified atom stereocenters. The van der Waals surface area contributed by atoms with Gasteiger partial charge in [-0.2, -0.15) is 0 Å². The van der Waals surface area contributed by atoms with Crippen molar-refractivity contribution in [2.45, 2.75) is 83.5 Å². The summed E-state index contributed by atoms with van der Waals surface area (Å²) in [7, 11) is 0. The molecule has 1 aliphatic heterocycles. The largest absolute Gasteiger partial charge is 0.375 e. The molecular weight excluding hydrogens is 210 g/mol. The van der Waals surface area contributed by atoms with E-state index in [1.54, 1.807) is 0 Å². The van der Waals surface area contributed by atoms with Gasteiger partial charge in [0, 0.05) is 6.04 Å². The molecule has 1 saturated carbocycles. The molecule has 0 aromatic carbocycles.